The van der Waals surface area contributed by atoms with Crippen LogP contribution in [-0.4, -0.2) is 3.92 Å². The molecule has 1 aliphatic carbocycles. The molecule has 0 saturated heterocycles. The minimum absolute atomic E-state index is 0.694. The van der Waals surface area contributed by atoms with Crippen molar-refractivity contribution in [2.24, 2.45) is 5.92 Å². The lowest BCUT2D eigenvalue weighted by molar-refractivity contribution is 0.387. The van der Waals surface area contributed by atoms with Crippen molar-refractivity contribution in [1.82, 2.24) is 0 Å². The van der Waals surface area contributed by atoms with Gasteiger partial charge in [-0.1, -0.05) is 35.4 Å². The van der Waals surface area contributed by atoms with Crippen LogP contribution >= 0.6 is 22.6 Å². The lowest BCUT2D eigenvalue weighted by Gasteiger charge is -2.24. The summed E-state index contributed by atoms with van der Waals surface area (Å²) < 4.78 is 0.769. The maximum absolute atomic E-state index is 8.48. The third-order valence-electron chi connectivity index (χ3n) is 2.17. The van der Waals surface area contributed by atoms with Crippen LogP contribution in [0.15, 0.2) is 0 Å². The SMILES string of the molecule is N#CC[C@H]1CCCC[C@@H]1I. The zero-order valence-electron chi connectivity index (χ0n) is 6.02. The smallest absolute Gasteiger partial charge is 0.0625 e. The van der Waals surface area contributed by atoms with E-state index in [4.69, 9.17) is 5.26 Å². The predicted molar refractivity (Wildman–Crippen MR) is 50.0 cm³/mol. The third-order valence-corrected chi connectivity index (χ3v) is 3.81. The van der Waals surface area contributed by atoms with Crippen molar-refractivity contribution in [3.05, 3.63) is 0 Å². The van der Waals surface area contributed by atoms with Gasteiger partial charge in [-0.3, -0.25) is 0 Å². The van der Waals surface area contributed by atoms with Gasteiger partial charge in [-0.05, 0) is 18.8 Å². The Balaban J connectivity index is 2.34. The fourth-order valence-electron chi connectivity index (χ4n) is 1.51. The Morgan fingerprint density at radius 3 is 2.70 bits per heavy atom. The highest BCUT2D eigenvalue weighted by molar-refractivity contribution is 14.1. The molecule has 0 spiro atoms. The third kappa shape index (κ3) is 2.12. The van der Waals surface area contributed by atoms with Crippen molar-refractivity contribution in [3.8, 4) is 6.07 Å². The van der Waals surface area contributed by atoms with E-state index >= 15 is 0 Å². The molecule has 1 aliphatic rings. The van der Waals surface area contributed by atoms with Crippen LogP contribution < -0.4 is 0 Å². The molecule has 1 fully saturated rings. The van der Waals surface area contributed by atoms with Gasteiger partial charge in [0, 0.05) is 10.3 Å². The van der Waals surface area contributed by atoms with Crippen LogP contribution in [0.25, 0.3) is 0 Å². The standard InChI is InChI=1S/C8H12IN/c9-8-4-2-1-3-7(8)5-6-10/h7-8H,1-5H2/t7-,8+/m1/s1. The molecule has 0 aliphatic heterocycles. The molecule has 0 heterocycles. The van der Waals surface area contributed by atoms with Gasteiger partial charge >= 0.3 is 0 Å². The van der Waals surface area contributed by atoms with Crippen molar-refractivity contribution in [1.29, 1.82) is 5.26 Å². The minimum Gasteiger partial charge on any atom is -0.198 e. The largest absolute Gasteiger partial charge is 0.198 e. The molecule has 0 bridgehead atoms. The number of nitrogens with zero attached hydrogens (tertiary/aromatic N) is 1. The second kappa shape index (κ2) is 4.17. The van der Waals surface area contributed by atoms with E-state index in [0.29, 0.717) is 5.92 Å². The van der Waals surface area contributed by atoms with Gasteiger partial charge < -0.3 is 0 Å². The zero-order chi connectivity index (χ0) is 7.40. The van der Waals surface area contributed by atoms with E-state index in [1.54, 1.807) is 0 Å². The normalized spacial score (nSPS) is 33.2. The molecule has 0 aromatic rings. The summed E-state index contributed by atoms with van der Waals surface area (Å²) in [6.07, 6.45) is 6.09. The number of hydrogen-bond acceptors (Lipinski definition) is 1. The molecular weight excluding hydrogens is 237 g/mol. The molecule has 0 aromatic heterocycles. The second-order valence-corrected chi connectivity index (χ2v) is 4.52. The van der Waals surface area contributed by atoms with Gasteiger partial charge in [0.15, 0.2) is 0 Å². The average Bonchev–Trinajstić information content (AvgIpc) is 1.94. The lowest BCUT2D eigenvalue weighted by atomic mass is 9.87. The maximum Gasteiger partial charge on any atom is 0.0625 e. The zero-order valence-corrected chi connectivity index (χ0v) is 8.17. The van der Waals surface area contributed by atoms with Crippen LogP contribution in [0.2, 0.25) is 0 Å². The molecule has 0 amide bonds. The van der Waals surface area contributed by atoms with Crippen LogP contribution in [0, 0.1) is 17.2 Å². The van der Waals surface area contributed by atoms with Crippen molar-refractivity contribution in [3.63, 3.8) is 0 Å². The molecule has 0 radical (unpaired) electrons. The van der Waals surface area contributed by atoms with Gasteiger partial charge in [-0.2, -0.15) is 5.26 Å². The average molecular weight is 249 g/mol. The summed E-state index contributed by atoms with van der Waals surface area (Å²) in [5, 5.41) is 8.48. The summed E-state index contributed by atoms with van der Waals surface area (Å²) in [4.78, 5) is 0. The van der Waals surface area contributed by atoms with E-state index in [9.17, 15) is 0 Å². The molecule has 2 heteroatoms. The van der Waals surface area contributed by atoms with Crippen molar-refractivity contribution in [2.45, 2.75) is 36.0 Å². The van der Waals surface area contributed by atoms with Crippen LogP contribution in [-0.2, 0) is 0 Å². The van der Waals surface area contributed by atoms with E-state index in [-0.39, 0.29) is 0 Å². The molecule has 1 nitrogen and oxygen atoms in total. The maximum atomic E-state index is 8.48. The van der Waals surface area contributed by atoms with Gasteiger partial charge in [0.1, 0.15) is 0 Å². The fraction of sp³-hybridized carbons (Fsp3) is 0.875. The highest BCUT2D eigenvalue weighted by Gasteiger charge is 2.21. The molecule has 56 valence electrons. The van der Waals surface area contributed by atoms with Crippen LogP contribution in [0.3, 0.4) is 0 Å². The Bertz CT molecular complexity index is 139. The Morgan fingerprint density at radius 2 is 2.10 bits per heavy atom. The lowest BCUT2D eigenvalue weighted by Crippen LogP contribution is -2.18. The monoisotopic (exact) mass is 249 g/mol. The molecule has 0 unspecified atom stereocenters. The first-order valence-corrected chi connectivity index (χ1v) is 5.10. The van der Waals surface area contributed by atoms with E-state index in [2.05, 4.69) is 28.7 Å². The van der Waals surface area contributed by atoms with Gasteiger partial charge in [0.05, 0.1) is 6.07 Å². The number of halogens is 1. The summed E-state index contributed by atoms with van der Waals surface area (Å²) in [5.41, 5.74) is 0. The topological polar surface area (TPSA) is 23.8 Å². The van der Waals surface area contributed by atoms with E-state index in [1.807, 2.05) is 0 Å². The quantitative estimate of drug-likeness (QED) is 0.517. The second-order valence-electron chi connectivity index (χ2n) is 2.92. The van der Waals surface area contributed by atoms with Crippen molar-refractivity contribution < 1.29 is 0 Å². The molecule has 2 atom stereocenters. The van der Waals surface area contributed by atoms with E-state index in [0.717, 1.165) is 10.3 Å². The Morgan fingerprint density at radius 1 is 1.40 bits per heavy atom. The summed E-state index contributed by atoms with van der Waals surface area (Å²) >= 11 is 2.49. The predicted octanol–water partition coefficient (Wildman–Crippen LogP) is 2.89. The Labute approximate surface area is 75.9 Å². The first-order valence-electron chi connectivity index (χ1n) is 3.85. The summed E-state index contributed by atoms with van der Waals surface area (Å²) in [6, 6.07) is 2.26. The van der Waals surface area contributed by atoms with Gasteiger partial charge in [0.25, 0.3) is 0 Å². The van der Waals surface area contributed by atoms with Gasteiger partial charge in [-0.15, -0.1) is 0 Å². The molecule has 0 N–H and O–H groups in total. The fourth-order valence-corrected chi connectivity index (χ4v) is 2.56. The van der Waals surface area contributed by atoms with Crippen LogP contribution in [0.1, 0.15) is 32.1 Å². The summed E-state index contributed by atoms with van der Waals surface area (Å²) in [7, 11) is 0. The van der Waals surface area contributed by atoms with Gasteiger partial charge in [0.2, 0.25) is 0 Å². The summed E-state index contributed by atoms with van der Waals surface area (Å²) in [5.74, 6) is 0.694. The van der Waals surface area contributed by atoms with Gasteiger partial charge in [-0.25, -0.2) is 0 Å². The van der Waals surface area contributed by atoms with E-state index < -0.39 is 0 Å². The summed E-state index contributed by atoms with van der Waals surface area (Å²) in [6.45, 7) is 0. The number of alkyl halides is 1. The molecule has 1 rings (SSSR count). The molecular formula is C8H12IN. The highest BCUT2D eigenvalue weighted by Crippen LogP contribution is 2.31. The Kier molecular flexibility index (Phi) is 3.47. The van der Waals surface area contributed by atoms with Crippen molar-refractivity contribution >= 4 is 22.6 Å². The highest BCUT2D eigenvalue weighted by atomic mass is 127. The van der Waals surface area contributed by atoms with E-state index in [1.165, 1.54) is 25.7 Å². The minimum atomic E-state index is 0.694. The first kappa shape index (κ1) is 8.32. The first-order chi connectivity index (χ1) is 4.84. The number of hydrogen-bond donors (Lipinski definition) is 0. The molecule has 1 saturated carbocycles. The number of nitriles is 1. The van der Waals surface area contributed by atoms with Crippen molar-refractivity contribution in [2.75, 3.05) is 0 Å². The molecule has 10 heavy (non-hydrogen) atoms. The Hall–Kier alpha value is 0.220. The molecule has 0 aromatic carbocycles. The number of rotatable bonds is 1. The van der Waals surface area contributed by atoms with Crippen LogP contribution in [0.5, 0.6) is 0 Å². The van der Waals surface area contributed by atoms with Crippen LogP contribution in [0.4, 0.5) is 0 Å².